The summed E-state index contributed by atoms with van der Waals surface area (Å²) >= 11 is 0. The summed E-state index contributed by atoms with van der Waals surface area (Å²) in [5, 5.41) is 2.35. The van der Waals surface area contributed by atoms with E-state index in [9.17, 15) is 9.59 Å². The standard InChI is InChI=1S/C38H24N6O2/c1-43-33-9-5-21(23-3-7-29-31(17-23)41-13-11-39-29)15-25(33)37(45)27-20-36-28(19-35(27)43)38(46)26-16-22(6-10-34(26)44(36)2)24-4-8-30-32(18-24)42-14-12-40-30/h3-20H,1-2H3. The van der Waals surface area contributed by atoms with Crippen molar-refractivity contribution < 1.29 is 0 Å². The molecule has 0 saturated carbocycles. The lowest BCUT2D eigenvalue weighted by Crippen LogP contribution is -2.13. The van der Waals surface area contributed by atoms with Crippen LogP contribution in [0.1, 0.15) is 0 Å². The third-order valence-electron chi connectivity index (χ3n) is 9.14. The Morgan fingerprint density at radius 2 is 0.739 bits per heavy atom. The number of pyridine rings is 2. The molecule has 0 fully saturated rings. The molecule has 0 radical (unpaired) electrons. The first-order valence-electron chi connectivity index (χ1n) is 14.9. The molecular formula is C38H24N6O2. The van der Waals surface area contributed by atoms with Gasteiger partial charge in [-0.15, -0.1) is 0 Å². The summed E-state index contributed by atoms with van der Waals surface area (Å²) in [7, 11) is 3.88. The summed E-state index contributed by atoms with van der Waals surface area (Å²) in [5.74, 6) is 0. The van der Waals surface area contributed by atoms with Crippen molar-refractivity contribution in [1.29, 1.82) is 0 Å². The molecule has 0 aliphatic heterocycles. The average molecular weight is 597 g/mol. The van der Waals surface area contributed by atoms with Gasteiger partial charge in [-0.3, -0.25) is 29.5 Å². The summed E-state index contributed by atoms with van der Waals surface area (Å²) in [5.41, 5.74) is 9.84. The van der Waals surface area contributed by atoms with Crippen molar-refractivity contribution in [1.82, 2.24) is 29.1 Å². The summed E-state index contributed by atoms with van der Waals surface area (Å²) in [6.07, 6.45) is 6.70. The van der Waals surface area contributed by atoms with Gasteiger partial charge in [-0.05, 0) is 82.9 Å². The van der Waals surface area contributed by atoms with Gasteiger partial charge in [-0.2, -0.15) is 0 Å². The average Bonchev–Trinajstić information content (AvgIpc) is 3.11. The number of nitrogens with zero attached hydrogens (tertiary/aromatic N) is 6. The van der Waals surface area contributed by atoms with E-state index in [1.165, 1.54) is 0 Å². The number of aromatic nitrogens is 6. The maximum Gasteiger partial charge on any atom is 0.197 e. The minimum atomic E-state index is -0.0743. The van der Waals surface area contributed by atoms with Crippen molar-refractivity contribution >= 4 is 65.7 Å². The zero-order chi connectivity index (χ0) is 31.1. The van der Waals surface area contributed by atoms with Gasteiger partial charge < -0.3 is 9.13 Å². The maximum atomic E-state index is 14.1. The lowest BCUT2D eigenvalue weighted by molar-refractivity contribution is 0.994. The fraction of sp³-hybridized carbons (Fsp3) is 0.0526. The molecular weight excluding hydrogens is 572 g/mol. The van der Waals surface area contributed by atoms with Gasteiger partial charge in [-0.25, -0.2) is 0 Å². The molecule has 218 valence electrons. The molecule has 9 aromatic rings. The molecule has 0 aliphatic carbocycles. The predicted octanol–water partition coefficient (Wildman–Crippen LogP) is 6.92. The van der Waals surface area contributed by atoms with Crippen molar-refractivity contribution in [3.05, 3.63) is 130 Å². The Hall–Kier alpha value is -6.28. The molecule has 0 amide bonds. The third kappa shape index (κ3) is 3.80. The highest BCUT2D eigenvalue weighted by molar-refractivity contribution is 6.05. The lowest BCUT2D eigenvalue weighted by atomic mass is 9.99. The fourth-order valence-corrected chi connectivity index (χ4v) is 6.71. The number of rotatable bonds is 2. The molecule has 0 N–H and O–H groups in total. The first kappa shape index (κ1) is 26.2. The van der Waals surface area contributed by atoms with E-state index in [1.54, 1.807) is 24.8 Å². The first-order chi connectivity index (χ1) is 22.4. The van der Waals surface area contributed by atoms with Crippen LogP contribution in [0.25, 0.3) is 87.9 Å². The smallest absolute Gasteiger partial charge is 0.197 e. The quantitative estimate of drug-likeness (QED) is 0.201. The molecule has 46 heavy (non-hydrogen) atoms. The molecule has 8 nitrogen and oxygen atoms in total. The monoisotopic (exact) mass is 596 g/mol. The minimum absolute atomic E-state index is 0.0743. The van der Waals surface area contributed by atoms with Crippen LogP contribution in [-0.4, -0.2) is 29.1 Å². The Bertz CT molecular complexity index is 2690. The molecule has 0 unspecified atom stereocenters. The Kier molecular flexibility index (Phi) is 5.46. The first-order valence-corrected chi connectivity index (χ1v) is 14.9. The second-order valence-corrected chi connectivity index (χ2v) is 11.6. The van der Waals surface area contributed by atoms with E-state index in [0.29, 0.717) is 32.6 Å². The third-order valence-corrected chi connectivity index (χ3v) is 9.14. The van der Waals surface area contributed by atoms with Crippen molar-refractivity contribution in [3.63, 3.8) is 0 Å². The second-order valence-electron chi connectivity index (χ2n) is 11.6. The Morgan fingerprint density at radius 3 is 1.17 bits per heavy atom. The van der Waals surface area contributed by atoms with Crippen LogP contribution in [0.4, 0.5) is 0 Å². The van der Waals surface area contributed by atoms with Crippen LogP contribution in [-0.2, 0) is 14.1 Å². The molecule has 4 heterocycles. The molecule has 0 atom stereocenters. The summed E-state index contributed by atoms with van der Waals surface area (Å²) in [6, 6.07) is 27.4. The largest absolute Gasteiger partial charge is 0.343 e. The van der Waals surface area contributed by atoms with Gasteiger partial charge in [0, 0.05) is 60.4 Å². The molecule has 0 aliphatic rings. The number of hydrogen-bond acceptors (Lipinski definition) is 6. The lowest BCUT2D eigenvalue weighted by Gasteiger charge is -2.16. The summed E-state index contributed by atoms with van der Waals surface area (Å²) in [6.45, 7) is 0. The van der Waals surface area contributed by atoms with Gasteiger partial charge in [0.15, 0.2) is 10.9 Å². The fourth-order valence-electron chi connectivity index (χ4n) is 6.71. The van der Waals surface area contributed by atoms with E-state index in [2.05, 4.69) is 19.9 Å². The van der Waals surface area contributed by atoms with E-state index >= 15 is 0 Å². The van der Waals surface area contributed by atoms with Crippen molar-refractivity contribution in [2.75, 3.05) is 0 Å². The van der Waals surface area contributed by atoms with Gasteiger partial charge in [-0.1, -0.05) is 24.3 Å². The minimum Gasteiger partial charge on any atom is -0.343 e. The summed E-state index contributed by atoms with van der Waals surface area (Å²) in [4.78, 5) is 45.8. The molecule has 0 spiro atoms. The van der Waals surface area contributed by atoms with E-state index in [-0.39, 0.29) is 10.9 Å². The van der Waals surface area contributed by atoms with Crippen LogP contribution >= 0.6 is 0 Å². The number of fused-ring (bicyclic) bond motifs is 6. The topological polar surface area (TPSA) is 95.6 Å². The van der Waals surface area contributed by atoms with E-state index in [1.807, 2.05) is 108 Å². The van der Waals surface area contributed by atoms with E-state index < -0.39 is 0 Å². The Labute approximate surface area is 260 Å². The number of benzene rings is 5. The Balaban J connectivity index is 1.25. The van der Waals surface area contributed by atoms with Crippen LogP contribution in [0.5, 0.6) is 0 Å². The highest BCUT2D eigenvalue weighted by Gasteiger charge is 2.16. The molecule has 0 saturated heterocycles. The predicted molar refractivity (Wildman–Crippen MR) is 184 cm³/mol. The number of aryl methyl sites for hydroxylation is 2. The molecule has 0 bridgehead atoms. The second kappa shape index (κ2) is 9.61. The Morgan fingerprint density at radius 1 is 0.391 bits per heavy atom. The van der Waals surface area contributed by atoms with Gasteiger partial charge in [0.1, 0.15) is 0 Å². The maximum absolute atomic E-state index is 14.1. The zero-order valence-electron chi connectivity index (χ0n) is 24.9. The normalized spacial score (nSPS) is 11.9. The zero-order valence-corrected chi connectivity index (χ0v) is 24.9. The van der Waals surface area contributed by atoms with Crippen molar-refractivity contribution in [3.8, 4) is 22.3 Å². The SMILES string of the molecule is Cn1c2ccc(-c3ccc4nccnc4c3)cc2c(=O)c2cc3c(cc21)c(=O)c1cc(-c2ccc4nccnc4c2)ccc1n3C. The van der Waals surface area contributed by atoms with Crippen LogP contribution in [0.3, 0.4) is 0 Å². The molecule has 4 aromatic heterocycles. The van der Waals surface area contributed by atoms with E-state index in [0.717, 1.165) is 55.4 Å². The van der Waals surface area contributed by atoms with Crippen molar-refractivity contribution in [2.24, 2.45) is 14.1 Å². The molecule has 5 aromatic carbocycles. The van der Waals surface area contributed by atoms with Crippen molar-refractivity contribution in [2.45, 2.75) is 0 Å². The summed E-state index contributed by atoms with van der Waals surface area (Å²) < 4.78 is 3.99. The van der Waals surface area contributed by atoms with Gasteiger partial charge >= 0.3 is 0 Å². The van der Waals surface area contributed by atoms with E-state index in [4.69, 9.17) is 0 Å². The van der Waals surface area contributed by atoms with Crippen LogP contribution in [0.15, 0.2) is 119 Å². The van der Waals surface area contributed by atoms with Gasteiger partial charge in [0.25, 0.3) is 0 Å². The number of hydrogen-bond donors (Lipinski definition) is 0. The highest BCUT2D eigenvalue weighted by atomic mass is 16.1. The van der Waals surface area contributed by atoms with Crippen LogP contribution in [0.2, 0.25) is 0 Å². The van der Waals surface area contributed by atoms with Crippen LogP contribution < -0.4 is 10.9 Å². The molecule has 9 rings (SSSR count). The van der Waals surface area contributed by atoms with Gasteiger partial charge in [0.05, 0.1) is 44.1 Å². The van der Waals surface area contributed by atoms with Gasteiger partial charge in [0.2, 0.25) is 0 Å². The highest BCUT2D eigenvalue weighted by Crippen LogP contribution is 2.30. The van der Waals surface area contributed by atoms with Crippen LogP contribution in [0, 0.1) is 0 Å². The molecule has 8 heteroatoms.